The van der Waals surface area contributed by atoms with Crippen LogP contribution in [-0.4, -0.2) is 4.98 Å². The van der Waals surface area contributed by atoms with Gasteiger partial charge in [0.15, 0.2) is 0 Å². The zero-order chi connectivity index (χ0) is 11.4. The summed E-state index contributed by atoms with van der Waals surface area (Å²) < 4.78 is 0. The van der Waals surface area contributed by atoms with Gasteiger partial charge in [-0.15, -0.1) is 0 Å². The minimum atomic E-state index is 0.565. The first-order valence-electron chi connectivity index (χ1n) is 4.85. The summed E-state index contributed by atoms with van der Waals surface area (Å²) in [6.45, 7) is 0.565. The second-order valence-corrected chi connectivity index (χ2v) is 4.08. The smallest absolute Gasteiger partial charge is 0.126 e. The highest BCUT2D eigenvalue weighted by Gasteiger charge is 2.04. The van der Waals surface area contributed by atoms with E-state index in [9.17, 15) is 0 Å². The lowest BCUT2D eigenvalue weighted by Gasteiger charge is -2.08. The van der Waals surface area contributed by atoms with Gasteiger partial charge < -0.3 is 5.32 Å². The third kappa shape index (κ3) is 2.65. The van der Waals surface area contributed by atoms with Gasteiger partial charge in [0.2, 0.25) is 0 Å². The van der Waals surface area contributed by atoms with Crippen LogP contribution in [0.3, 0.4) is 0 Å². The number of pyridine rings is 1. The maximum Gasteiger partial charge on any atom is 0.126 e. The molecule has 2 rings (SSSR count). The molecule has 0 fully saturated rings. The number of nitrogens with zero attached hydrogens (tertiary/aromatic N) is 1. The molecule has 16 heavy (non-hydrogen) atoms. The van der Waals surface area contributed by atoms with Crippen LogP contribution in [0.1, 0.15) is 5.56 Å². The van der Waals surface area contributed by atoms with Gasteiger partial charge in [0.25, 0.3) is 0 Å². The lowest BCUT2D eigenvalue weighted by molar-refractivity contribution is 1.11. The Morgan fingerprint density at radius 1 is 1.00 bits per heavy atom. The fraction of sp³-hybridized carbons (Fsp3) is 0.0833. The molecule has 0 saturated carbocycles. The molecule has 0 aliphatic heterocycles. The molecule has 4 heteroatoms. The summed E-state index contributed by atoms with van der Waals surface area (Å²) in [5.41, 5.74) is 0.886. The highest BCUT2D eigenvalue weighted by atomic mass is 35.5. The van der Waals surface area contributed by atoms with Crippen LogP contribution >= 0.6 is 23.2 Å². The lowest BCUT2D eigenvalue weighted by atomic mass is 10.2. The van der Waals surface area contributed by atoms with Crippen molar-refractivity contribution in [3.8, 4) is 0 Å². The maximum atomic E-state index is 6.05. The largest absolute Gasteiger partial charge is 0.366 e. The van der Waals surface area contributed by atoms with E-state index >= 15 is 0 Å². The van der Waals surface area contributed by atoms with Crippen LogP contribution in [0.4, 0.5) is 5.82 Å². The van der Waals surface area contributed by atoms with E-state index in [-0.39, 0.29) is 0 Å². The maximum absolute atomic E-state index is 6.05. The second kappa shape index (κ2) is 5.19. The molecule has 1 heterocycles. The van der Waals surface area contributed by atoms with Crippen LogP contribution in [0, 0.1) is 0 Å². The monoisotopic (exact) mass is 252 g/mol. The second-order valence-electron chi connectivity index (χ2n) is 3.27. The molecular weight excluding hydrogens is 243 g/mol. The van der Waals surface area contributed by atoms with E-state index in [0.29, 0.717) is 16.6 Å². The van der Waals surface area contributed by atoms with Crippen LogP contribution in [-0.2, 0) is 6.54 Å². The number of hydrogen-bond acceptors (Lipinski definition) is 2. The molecule has 0 aliphatic rings. The molecule has 0 radical (unpaired) electrons. The van der Waals surface area contributed by atoms with Gasteiger partial charge in [0.1, 0.15) is 5.82 Å². The quantitative estimate of drug-likeness (QED) is 0.894. The topological polar surface area (TPSA) is 24.9 Å². The molecule has 0 bridgehead atoms. The lowest BCUT2D eigenvalue weighted by Crippen LogP contribution is -2.02. The molecule has 0 spiro atoms. The number of anilines is 1. The van der Waals surface area contributed by atoms with Crippen LogP contribution in [0.5, 0.6) is 0 Å². The Bertz CT molecular complexity index is 451. The minimum absolute atomic E-state index is 0.565. The summed E-state index contributed by atoms with van der Waals surface area (Å²) in [6, 6.07) is 11.2. The van der Waals surface area contributed by atoms with E-state index in [0.717, 1.165) is 11.4 Å². The Morgan fingerprint density at radius 2 is 1.75 bits per heavy atom. The summed E-state index contributed by atoms with van der Waals surface area (Å²) in [5.74, 6) is 0.804. The molecule has 0 amide bonds. The molecule has 82 valence electrons. The molecule has 0 atom stereocenters. The fourth-order valence-electron chi connectivity index (χ4n) is 1.35. The SMILES string of the molecule is Clc1cccc(Cl)c1CNc1ccccn1. The molecular formula is C12H10Cl2N2. The van der Waals surface area contributed by atoms with Gasteiger partial charge in [-0.2, -0.15) is 0 Å². The zero-order valence-corrected chi connectivity index (χ0v) is 9.96. The first kappa shape index (κ1) is 11.2. The standard InChI is InChI=1S/C12H10Cl2N2/c13-10-4-3-5-11(14)9(10)8-16-12-6-1-2-7-15-12/h1-7H,8H2,(H,15,16). The van der Waals surface area contributed by atoms with E-state index in [4.69, 9.17) is 23.2 Å². The molecule has 0 aliphatic carbocycles. The minimum Gasteiger partial charge on any atom is -0.366 e. The number of halogens is 2. The molecule has 2 nitrogen and oxygen atoms in total. The number of benzene rings is 1. The van der Waals surface area contributed by atoms with E-state index < -0.39 is 0 Å². The molecule has 0 saturated heterocycles. The van der Waals surface area contributed by atoms with E-state index in [1.165, 1.54) is 0 Å². The van der Waals surface area contributed by atoms with Gasteiger partial charge >= 0.3 is 0 Å². The molecule has 0 unspecified atom stereocenters. The Balaban J connectivity index is 2.11. The summed E-state index contributed by atoms with van der Waals surface area (Å²) in [7, 11) is 0. The fourth-order valence-corrected chi connectivity index (χ4v) is 1.88. The van der Waals surface area contributed by atoms with Gasteiger partial charge in [-0.05, 0) is 24.3 Å². The van der Waals surface area contributed by atoms with Gasteiger partial charge in [0, 0.05) is 28.4 Å². The van der Waals surface area contributed by atoms with Crippen molar-refractivity contribution in [2.24, 2.45) is 0 Å². The summed E-state index contributed by atoms with van der Waals surface area (Å²) in [6.07, 6.45) is 1.73. The van der Waals surface area contributed by atoms with E-state index in [1.54, 1.807) is 6.20 Å². The predicted octanol–water partition coefficient (Wildman–Crippen LogP) is 4.00. The van der Waals surface area contributed by atoms with Crippen molar-refractivity contribution in [1.29, 1.82) is 0 Å². The third-order valence-corrected chi connectivity index (χ3v) is 2.88. The van der Waals surface area contributed by atoms with Crippen LogP contribution < -0.4 is 5.32 Å². The number of aromatic nitrogens is 1. The molecule has 1 N–H and O–H groups in total. The summed E-state index contributed by atoms with van der Waals surface area (Å²) >= 11 is 12.1. The van der Waals surface area contributed by atoms with Gasteiger partial charge in [-0.25, -0.2) is 4.98 Å². The van der Waals surface area contributed by atoms with Crippen molar-refractivity contribution < 1.29 is 0 Å². The van der Waals surface area contributed by atoms with Crippen LogP contribution in [0.25, 0.3) is 0 Å². The Labute approximate surface area is 104 Å². The molecule has 1 aromatic heterocycles. The van der Waals surface area contributed by atoms with Crippen molar-refractivity contribution in [1.82, 2.24) is 4.98 Å². The highest BCUT2D eigenvalue weighted by Crippen LogP contribution is 2.24. The van der Waals surface area contributed by atoms with Crippen molar-refractivity contribution in [3.05, 3.63) is 58.2 Å². The van der Waals surface area contributed by atoms with Crippen molar-refractivity contribution >= 4 is 29.0 Å². The van der Waals surface area contributed by atoms with Crippen molar-refractivity contribution in [2.75, 3.05) is 5.32 Å². The average molecular weight is 253 g/mol. The number of rotatable bonds is 3. The van der Waals surface area contributed by atoms with Gasteiger partial charge in [-0.3, -0.25) is 0 Å². The molecule has 1 aromatic carbocycles. The first-order valence-corrected chi connectivity index (χ1v) is 5.61. The van der Waals surface area contributed by atoms with Crippen LogP contribution in [0.15, 0.2) is 42.6 Å². The Hall–Kier alpha value is -1.25. The summed E-state index contributed by atoms with van der Waals surface area (Å²) in [5, 5.41) is 4.49. The Morgan fingerprint density at radius 3 is 2.38 bits per heavy atom. The normalized spacial score (nSPS) is 10.1. The highest BCUT2D eigenvalue weighted by molar-refractivity contribution is 6.36. The van der Waals surface area contributed by atoms with Gasteiger partial charge in [-0.1, -0.05) is 35.3 Å². The third-order valence-electron chi connectivity index (χ3n) is 2.17. The Kier molecular flexibility index (Phi) is 3.65. The first-order chi connectivity index (χ1) is 7.77. The average Bonchev–Trinajstić information content (AvgIpc) is 2.30. The summed E-state index contributed by atoms with van der Waals surface area (Å²) in [4.78, 5) is 4.16. The van der Waals surface area contributed by atoms with Crippen molar-refractivity contribution in [3.63, 3.8) is 0 Å². The zero-order valence-electron chi connectivity index (χ0n) is 8.45. The number of nitrogens with one attached hydrogen (secondary N) is 1. The van der Waals surface area contributed by atoms with Gasteiger partial charge in [0.05, 0.1) is 0 Å². The predicted molar refractivity (Wildman–Crippen MR) is 68.0 cm³/mol. The van der Waals surface area contributed by atoms with Crippen LogP contribution in [0.2, 0.25) is 10.0 Å². The van der Waals surface area contributed by atoms with E-state index in [2.05, 4.69) is 10.3 Å². The van der Waals surface area contributed by atoms with E-state index in [1.807, 2.05) is 36.4 Å². The number of hydrogen-bond donors (Lipinski definition) is 1. The molecule has 2 aromatic rings. The van der Waals surface area contributed by atoms with Crippen molar-refractivity contribution in [2.45, 2.75) is 6.54 Å².